The van der Waals surface area contributed by atoms with Crippen LogP contribution in [0, 0.1) is 6.92 Å². The summed E-state index contributed by atoms with van der Waals surface area (Å²) in [7, 11) is 1.77. The molecule has 1 rings (SSSR count). The smallest absolute Gasteiger partial charge is 0.243 e. The van der Waals surface area contributed by atoms with E-state index in [2.05, 4.69) is 31.9 Å². The second-order valence-electron chi connectivity index (χ2n) is 4.14. The highest BCUT2D eigenvalue weighted by Crippen LogP contribution is 2.19. The molecule has 0 bridgehead atoms. The van der Waals surface area contributed by atoms with E-state index in [0.717, 1.165) is 15.7 Å². The van der Waals surface area contributed by atoms with Crippen LogP contribution in [0.1, 0.15) is 12.0 Å². The van der Waals surface area contributed by atoms with E-state index < -0.39 is 0 Å². The Bertz CT molecular complexity index is 463. The largest absolute Gasteiger partial charge is 0.347 e. The van der Waals surface area contributed by atoms with Crippen LogP contribution in [-0.4, -0.2) is 32.0 Å². The average Bonchev–Trinajstić information content (AvgIpc) is 2.37. The molecule has 0 saturated carbocycles. The molecular formula is C13H18BrN3O2. The zero-order chi connectivity index (χ0) is 14.3. The second-order valence-corrected chi connectivity index (χ2v) is 5.05. The van der Waals surface area contributed by atoms with Crippen molar-refractivity contribution in [3.63, 3.8) is 0 Å². The van der Waals surface area contributed by atoms with Crippen molar-refractivity contribution in [3.8, 4) is 0 Å². The minimum absolute atomic E-state index is 0.0158. The molecule has 0 aliphatic carbocycles. The molecule has 0 aliphatic rings. The van der Waals surface area contributed by atoms with E-state index in [1.54, 1.807) is 7.05 Å². The number of halogens is 1. The first-order chi connectivity index (χ1) is 9.02. The van der Waals surface area contributed by atoms with E-state index in [-0.39, 0.29) is 18.4 Å². The van der Waals surface area contributed by atoms with Gasteiger partial charge in [0, 0.05) is 23.1 Å². The van der Waals surface area contributed by atoms with Gasteiger partial charge >= 0.3 is 0 Å². The number of hydrogen-bond donors (Lipinski definition) is 3. The molecule has 6 heteroatoms. The summed E-state index contributed by atoms with van der Waals surface area (Å²) in [6.07, 6.45) is 0.362. The molecule has 0 aromatic heterocycles. The maximum absolute atomic E-state index is 11.7. The van der Waals surface area contributed by atoms with Crippen LogP contribution in [0.3, 0.4) is 0 Å². The third-order valence-electron chi connectivity index (χ3n) is 2.51. The van der Waals surface area contributed by atoms with Gasteiger partial charge in [-0.3, -0.25) is 9.59 Å². The van der Waals surface area contributed by atoms with Gasteiger partial charge in [-0.05, 0) is 37.7 Å². The Labute approximate surface area is 121 Å². The van der Waals surface area contributed by atoms with Gasteiger partial charge in [-0.15, -0.1) is 0 Å². The molecular weight excluding hydrogens is 310 g/mol. The lowest BCUT2D eigenvalue weighted by atomic mass is 10.2. The van der Waals surface area contributed by atoms with Crippen LogP contribution in [0.5, 0.6) is 0 Å². The molecule has 0 fully saturated rings. The fraction of sp³-hybridized carbons (Fsp3) is 0.385. The van der Waals surface area contributed by atoms with Crippen molar-refractivity contribution >= 4 is 33.4 Å². The Morgan fingerprint density at radius 1 is 1.26 bits per heavy atom. The quantitative estimate of drug-likeness (QED) is 0.740. The van der Waals surface area contributed by atoms with Gasteiger partial charge in [-0.1, -0.05) is 15.9 Å². The van der Waals surface area contributed by atoms with Crippen molar-refractivity contribution in [2.24, 2.45) is 0 Å². The van der Waals surface area contributed by atoms with Crippen LogP contribution in [0.25, 0.3) is 0 Å². The van der Waals surface area contributed by atoms with E-state index in [0.29, 0.717) is 13.0 Å². The standard InChI is InChI=1S/C13H18BrN3O2/c1-9-7-10(14)3-4-11(9)17-13(19)8-16-12(18)5-6-15-2/h3-4,7,15H,5-6,8H2,1-2H3,(H,16,18)(H,17,19). The van der Waals surface area contributed by atoms with Crippen LogP contribution < -0.4 is 16.0 Å². The molecule has 0 saturated heterocycles. The Hall–Kier alpha value is -1.40. The topological polar surface area (TPSA) is 70.2 Å². The highest BCUT2D eigenvalue weighted by molar-refractivity contribution is 9.10. The first kappa shape index (κ1) is 15.7. The van der Waals surface area contributed by atoms with Crippen LogP contribution in [0.15, 0.2) is 22.7 Å². The Balaban J connectivity index is 2.41. The minimum Gasteiger partial charge on any atom is -0.347 e. The molecule has 1 aromatic carbocycles. The van der Waals surface area contributed by atoms with E-state index in [1.165, 1.54) is 0 Å². The zero-order valence-electron chi connectivity index (χ0n) is 11.0. The molecule has 19 heavy (non-hydrogen) atoms. The summed E-state index contributed by atoms with van der Waals surface area (Å²) in [5.41, 5.74) is 1.71. The number of anilines is 1. The van der Waals surface area contributed by atoms with Crippen molar-refractivity contribution in [2.45, 2.75) is 13.3 Å². The molecule has 0 radical (unpaired) electrons. The van der Waals surface area contributed by atoms with Gasteiger partial charge in [0.25, 0.3) is 0 Å². The van der Waals surface area contributed by atoms with Crippen LogP contribution in [0.4, 0.5) is 5.69 Å². The van der Waals surface area contributed by atoms with E-state index >= 15 is 0 Å². The summed E-state index contributed by atoms with van der Waals surface area (Å²) in [4.78, 5) is 23.0. The molecule has 0 atom stereocenters. The Morgan fingerprint density at radius 2 is 2.00 bits per heavy atom. The molecule has 0 heterocycles. The maximum Gasteiger partial charge on any atom is 0.243 e. The Morgan fingerprint density at radius 3 is 2.63 bits per heavy atom. The lowest BCUT2D eigenvalue weighted by Gasteiger charge is -2.09. The van der Waals surface area contributed by atoms with Gasteiger partial charge in [0.05, 0.1) is 6.54 Å². The maximum atomic E-state index is 11.7. The highest BCUT2D eigenvalue weighted by atomic mass is 79.9. The van der Waals surface area contributed by atoms with Crippen molar-refractivity contribution in [3.05, 3.63) is 28.2 Å². The monoisotopic (exact) mass is 327 g/mol. The van der Waals surface area contributed by atoms with Crippen LogP contribution >= 0.6 is 15.9 Å². The zero-order valence-corrected chi connectivity index (χ0v) is 12.6. The van der Waals surface area contributed by atoms with E-state index in [1.807, 2.05) is 25.1 Å². The normalized spacial score (nSPS) is 10.1. The lowest BCUT2D eigenvalue weighted by molar-refractivity contribution is -0.124. The molecule has 1 aromatic rings. The van der Waals surface area contributed by atoms with Crippen LogP contribution in [0.2, 0.25) is 0 Å². The minimum atomic E-state index is -0.233. The third kappa shape index (κ3) is 5.85. The van der Waals surface area contributed by atoms with Gasteiger partial charge in [0.15, 0.2) is 0 Å². The van der Waals surface area contributed by atoms with E-state index in [9.17, 15) is 9.59 Å². The number of nitrogens with one attached hydrogen (secondary N) is 3. The summed E-state index contributed by atoms with van der Waals surface area (Å²) in [6.45, 7) is 2.49. The summed E-state index contributed by atoms with van der Waals surface area (Å²) < 4.78 is 0.961. The molecule has 5 nitrogen and oxygen atoms in total. The predicted molar refractivity (Wildman–Crippen MR) is 79.1 cm³/mol. The van der Waals surface area contributed by atoms with Gasteiger partial charge < -0.3 is 16.0 Å². The van der Waals surface area contributed by atoms with Crippen molar-refractivity contribution in [2.75, 3.05) is 25.5 Å². The average molecular weight is 328 g/mol. The van der Waals surface area contributed by atoms with Crippen molar-refractivity contribution < 1.29 is 9.59 Å². The number of rotatable bonds is 6. The molecule has 3 N–H and O–H groups in total. The van der Waals surface area contributed by atoms with Gasteiger partial charge in [-0.25, -0.2) is 0 Å². The molecule has 104 valence electrons. The number of benzene rings is 1. The van der Waals surface area contributed by atoms with Gasteiger partial charge in [0.2, 0.25) is 11.8 Å². The SMILES string of the molecule is CNCCC(=O)NCC(=O)Nc1ccc(Br)cc1C. The number of carbonyl (C=O) groups is 2. The van der Waals surface area contributed by atoms with E-state index in [4.69, 9.17) is 0 Å². The first-order valence-electron chi connectivity index (χ1n) is 6.00. The summed E-state index contributed by atoms with van der Waals surface area (Å²) >= 11 is 3.36. The summed E-state index contributed by atoms with van der Waals surface area (Å²) in [5, 5.41) is 8.20. The highest BCUT2D eigenvalue weighted by Gasteiger charge is 2.07. The lowest BCUT2D eigenvalue weighted by Crippen LogP contribution is -2.34. The number of carbonyl (C=O) groups excluding carboxylic acids is 2. The van der Waals surface area contributed by atoms with Gasteiger partial charge in [-0.2, -0.15) is 0 Å². The van der Waals surface area contributed by atoms with Crippen molar-refractivity contribution in [1.82, 2.24) is 10.6 Å². The van der Waals surface area contributed by atoms with Crippen molar-refractivity contribution in [1.29, 1.82) is 0 Å². The fourth-order valence-electron chi connectivity index (χ4n) is 1.47. The molecule has 2 amide bonds. The Kier molecular flexibility index (Phi) is 6.52. The molecule has 0 aliphatic heterocycles. The number of hydrogen-bond acceptors (Lipinski definition) is 3. The fourth-order valence-corrected chi connectivity index (χ4v) is 1.94. The van der Waals surface area contributed by atoms with Crippen LogP contribution in [-0.2, 0) is 9.59 Å². The van der Waals surface area contributed by atoms with Gasteiger partial charge in [0.1, 0.15) is 0 Å². The molecule has 0 spiro atoms. The first-order valence-corrected chi connectivity index (χ1v) is 6.79. The number of amides is 2. The number of aryl methyl sites for hydroxylation is 1. The third-order valence-corrected chi connectivity index (χ3v) is 3.00. The summed E-state index contributed by atoms with van der Waals surface area (Å²) in [6, 6.07) is 5.59. The second kappa shape index (κ2) is 7.91. The summed E-state index contributed by atoms with van der Waals surface area (Å²) in [5.74, 6) is -0.375. The molecule has 0 unspecified atom stereocenters. The predicted octanol–water partition coefficient (Wildman–Crippen LogP) is 1.42.